The first-order valence-electron chi connectivity index (χ1n) is 17.0. The summed E-state index contributed by atoms with van der Waals surface area (Å²) in [5.74, 6) is 0.598. The van der Waals surface area contributed by atoms with Crippen LogP contribution >= 0.6 is 0 Å². The van der Waals surface area contributed by atoms with Crippen LogP contribution in [0.1, 0.15) is 25.0 Å². The van der Waals surface area contributed by atoms with Gasteiger partial charge in [-0.3, -0.25) is 0 Å². The van der Waals surface area contributed by atoms with Crippen molar-refractivity contribution in [1.82, 2.24) is 4.98 Å². The van der Waals surface area contributed by atoms with Gasteiger partial charge in [-0.05, 0) is 94.0 Å². The summed E-state index contributed by atoms with van der Waals surface area (Å²) in [6.07, 6.45) is 0. The molecule has 0 fully saturated rings. The van der Waals surface area contributed by atoms with Gasteiger partial charge in [-0.15, -0.1) is 0 Å². The lowest BCUT2D eigenvalue weighted by molar-refractivity contribution is 0.620. The molecule has 1 aliphatic carbocycles. The molecule has 4 nitrogen and oxygen atoms in total. The Balaban J connectivity index is 1.15. The van der Waals surface area contributed by atoms with Gasteiger partial charge in [0.15, 0.2) is 11.2 Å². The van der Waals surface area contributed by atoms with Crippen LogP contribution < -0.4 is 4.90 Å². The Labute approximate surface area is 289 Å². The van der Waals surface area contributed by atoms with Crippen LogP contribution in [-0.4, -0.2) is 4.98 Å². The third kappa shape index (κ3) is 4.35. The van der Waals surface area contributed by atoms with Gasteiger partial charge in [0.05, 0.1) is 5.69 Å². The Morgan fingerprint density at radius 2 is 1.22 bits per heavy atom. The van der Waals surface area contributed by atoms with Gasteiger partial charge >= 0.3 is 0 Å². The molecule has 10 rings (SSSR count). The maximum Gasteiger partial charge on any atom is 0.227 e. The molecule has 0 saturated heterocycles. The van der Waals surface area contributed by atoms with E-state index in [1.54, 1.807) is 0 Å². The van der Waals surface area contributed by atoms with Crippen LogP contribution in [0.4, 0.5) is 17.1 Å². The van der Waals surface area contributed by atoms with Crippen molar-refractivity contribution in [3.63, 3.8) is 0 Å². The molecule has 9 aromatic rings. The molecule has 0 amide bonds. The summed E-state index contributed by atoms with van der Waals surface area (Å²) in [6, 6.07) is 55.5. The number of benzene rings is 7. The van der Waals surface area contributed by atoms with Gasteiger partial charge in [-0.25, -0.2) is 4.98 Å². The van der Waals surface area contributed by atoms with E-state index in [4.69, 9.17) is 13.8 Å². The first-order chi connectivity index (χ1) is 24.5. The maximum atomic E-state index is 6.74. The quantitative estimate of drug-likeness (QED) is 0.187. The van der Waals surface area contributed by atoms with Crippen molar-refractivity contribution in [2.45, 2.75) is 19.3 Å². The molecule has 0 saturated carbocycles. The van der Waals surface area contributed by atoms with E-state index < -0.39 is 0 Å². The topological polar surface area (TPSA) is 42.4 Å². The van der Waals surface area contributed by atoms with E-state index in [1.807, 2.05) is 36.4 Å². The van der Waals surface area contributed by atoms with E-state index in [9.17, 15) is 0 Å². The van der Waals surface area contributed by atoms with E-state index in [0.717, 1.165) is 55.7 Å². The lowest BCUT2D eigenvalue weighted by Gasteiger charge is -2.28. The second-order valence-corrected chi connectivity index (χ2v) is 13.6. The molecule has 2 aromatic heterocycles. The summed E-state index contributed by atoms with van der Waals surface area (Å²) in [4.78, 5) is 7.09. The van der Waals surface area contributed by atoms with Gasteiger partial charge in [0, 0.05) is 33.1 Å². The van der Waals surface area contributed by atoms with Crippen molar-refractivity contribution < 1.29 is 8.83 Å². The van der Waals surface area contributed by atoms with Gasteiger partial charge in [-0.2, -0.15) is 0 Å². The van der Waals surface area contributed by atoms with E-state index in [1.165, 1.54) is 33.4 Å². The smallest absolute Gasteiger partial charge is 0.227 e. The summed E-state index contributed by atoms with van der Waals surface area (Å²) >= 11 is 0. The summed E-state index contributed by atoms with van der Waals surface area (Å²) in [5.41, 5.74) is 14.8. The lowest BCUT2D eigenvalue weighted by atomic mass is 9.82. The van der Waals surface area contributed by atoms with Crippen molar-refractivity contribution >= 4 is 50.1 Å². The summed E-state index contributed by atoms with van der Waals surface area (Å²) in [6.45, 7) is 4.66. The molecule has 50 heavy (non-hydrogen) atoms. The van der Waals surface area contributed by atoms with Crippen LogP contribution in [0.3, 0.4) is 0 Å². The van der Waals surface area contributed by atoms with E-state index in [-0.39, 0.29) is 5.41 Å². The summed E-state index contributed by atoms with van der Waals surface area (Å²) in [5, 5.41) is 2.06. The van der Waals surface area contributed by atoms with Crippen LogP contribution in [0.5, 0.6) is 0 Å². The second-order valence-electron chi connectivity index (χ2n) is 13.6. The van der Waals surface area contributed by atoms with Crippen LogP contribution in [0.25, 0.3) is 66.7 Å². The fourth-order valence-corrected chi connectivity index (χ4v) is 7.78. The standard InChI is InChI=1S/C46H32N2O2/c1-46(2)38-15-7-6-13-34(38)35-25-24-33(28-39(35)46)48(32-22-19-30(20-23-32)29-11-4-3-5-12-29)41-17-10-14-36-37-27-31(21-26-42(37)49-44(36)41)45-47-40-16-8-9-18-43(40)50-45/h3-28H,1-2H3. The highest BCUT2D eigenvalue weighted by Crippen LogP contribution is 2.51. The summed E-state index contributed by atoms with van der Waals surface area (Å²) in [7, 11) is 0. The first-order valence-corrected chi connectivity index (χ1v) is 17.0. The van der Waals surface area contributed by atoms with Crippen LogP contribution in [0.15, 0.2) is 167 Å². The average molecular weight is 645 g/mol. The molecule has 7 aromatic carbocycles. The molecule has 2 heterocycles. The SMILES string of the molecule is CC1(C)c2ccccc2-c2ccc(N(c3ccc(-c4ccccc4)cc3)c3cccc4c3oc3ccc(-c5nc6ccccc6o5)cc34)cc21. The number of oxazole rings is 1. The third-order valence-electron chi connectivity index (χ3n) is 10.3. The van der Waals surface area contributed by atoms with Gasteiger partial charge in [0.1, 0.15) is 11.1 Å². The predicted octanol–water partition coefficient (Wildman–Crippen LogP) is 12.8. The Morgan fingerprint density at radius 1 is 0.500 bits per heavy atom. The van der Waals surface area contributed by atoms with Gasteiger partial charge in [-0.1, -0.05) is 111 Å². The molecule has 1 aliphatic rings. The Bertz CT molecular complexity index is 2700. The molecule has 0 atom stereocenters. The summed E-state index contributed by atoms with van der Waals surface area (Å²) < 4.78 is 12.9. The number of para-hydroxylation sites is 3. The zero-order chi connectivity index (χ0) is 33.4. The van der Waals surface area contributed by atoms with Crippen molar-refractivity contribution in [1.29, 1.82) is 0 Å². The molecule has 4 heteroatoms. The third-order valence-corrected chi connectivity index (χ3v) is 10.3. The highest BCUT2D eigenvalue weighted by Gasteiger charge is 2.36. The number of nitrogens with zero attached hydrogens (tertiary/aromatic N) is 2. The Hall–Kier alpha value is -6.39. The molecule has 0 aliphatic heterocycles. The van der Waals surface area contributed by atoms with E-state index in [0.29, 0.717) is 5.89 Å². The molecule has 0 radical (unpaired) electrons. The molecule has 0 bridgehead atoms. The van der Waals surface area contributed by atoms with Crippen molar-refractivity contribution in [3.8, 4) is 33.7 Å². The monoisotopic (exact) mass is 644 g/mol. The van der Waals surface area contributed by atoms with Gasteiger partial charge in [0.25, 0.3) is 0 Å². The highest BCUT2D eigenvalue weighted by atomic mass is 16.3. The van der Waals surface area contributed by atoms with Crippen molar-refractivity contribution in [2.24, 2.45) is 0 Å². The number of anilines is 3. The number of fused-ring (bicyclic) bond motifs is 7. The Kier molecular flexibility index (Phi) is 6.19. The maximum absolute atomic E-state index is 6.74. The molecule has 0 unspecified atom stereocenters. The fourth-order valence-electron chi connectivity index (χ4n) is 7.78. The number of hydrogen-bond acceptors (Lipinski definition) is 4. The first kappa shape index (κ1) is 28.6. The van der Waals surface area contributed by atoms with Crippen LogP contribution in [0, 0.1) is 0 Å². The zero-order valence-corrected chi connectivity index (χ0v) is 27.7. The number of hydrogen-bond donors (Lipinski definition) is 0. The molecule has 0 N–H and O–H groups in total. The zero-order valence-electron chi connectivity index (χ0n) is 27.7. The molecule has 238 valence electrons. The number of aromatic nitrogens is 1. The normalized spacial score (nSPS) is 13.2. The van der Waals surface area contributed by atoms with Gasteiger partial charge in [0.2, 0.25) is 5.89 Å². The lowest BCUT2D eigenvalue weighted by Crippen LogP contribution is -2.16. The Morgan fingerprint density at radius 3 is 2.08 bits per heavy atom. The minimum atomic E-state index is -0.128. The number of furan rings is 1. The molecular weight excluding hydrogens is 613 g/mol. The van der Waals surface area contributed by atoms with Crippen molar-refractivity contribution in [2.75, 3.05) is 4.90 Å². The van der Waals surface area contributed by atoms with Crippen LogP contribution in [0.2, 0.25) is 0 Å². The van der Waals surface area contributed by atoms with E-state index in [2.05, 4.69) is 140 Å². The highest BCUT2D eigenvalue weighted by molar-refractivity contribution is 6.11. The molecule has 0 spiro atoms. The van der Waals surface area contributed by atoms with Crippen molar-refractivity contribution in [3.05, 3.63) is 169 Å². The predicted molar refractivity (Wildman–Crippen MR) is 204 cm³/mol. The minimum absolute atomic E-state index is 0.128. The fraction of sp³-hybridized carbons (Fsp3) is 0.0652. The largest absolute Gasteiger partial charge is 0.454 e. The minimum Gasteiger partial charge on any atom is -0.454 e. The average Bonchev–Trinajstić information content (AvgIpc) is 3.83. The second kappa shape index (κ2) is 10.8. The number of rotatable bonds is 5. The molecular formula is C46H32N2O2. The van der Waals surface area contributed by atoms with E-state index >= 15 is 0 Å². The van der Waals surface area contributed by atoms with Crippen LogP contribution in [-0.2, 0) is 5.41 Å². The van der Waals surface area contributed by atoms with Gasteiger partial charge < -0.3 is 13.7 Å².